The molecule has 3 nitrogen and oxygen atoms in total. The Kier molecular flexibility index (Phi) is 3.82. The molecule has 1 aliphatic carbocycles. The molecule has 24 heavy (non-hydrogen) atoms. The van der Waals surface area contributed by atoms with Gasteiger partial charge in [-0.05, 0) is 60.6 Å². The minimum atomic E-state index is -0.832. The Hall–Kier alpha value is -1.91. The van der Waals surface area contributed by atoms with E-state index in [1.165, 1.54) is 16.9 Å². The average molecular weight is 358 g/mol. The Morgan fingerprint density at radius 1 is 1.29 bits per heavy atom. The first-order valence-corrected chi connectivity index (χ1v) is 9.15. The maximum Gasteiger partial charge on any atom is 0.307 e. The van der Waals surface area contributed by atoms with Crippen LogP contribution in [0.3, 0.4) is 0 Å². The number of hydrogen-bond acceptors (Lipinski definition) is 3. The highest BCUT2D eigenvalue weighted by atomic mass is 35.5. The molecule has 0 radical (unpaired) electrons. The zero-order valence-electron chi connectivity index (χ0n) is 13.2. The summed E-state index contributed by atoms with van der Waals surface area (Å²) in [6, 6.07) is 7.66. The Morgan fingerprint density at radius 3 is 2.75 bits per heavy atom. The van der Waals surface area contributed by atoms with Crippen LogP contribution in [0.15, 0.2) is 24.3 Å². The van der Waals surface area contributed by atoms with Crippen molar-refractivity contribution in [3.63, 3.8) is 0 Å². The van der Waals surface area contributed by atoms with Crippen molar-refractivity contribution in [3.05, 3.63) is 51.0 Å². The predicted molar refractivity (Wildman–Crippen MR) is 98.2 cm³/mol. The number of nitrogens with zero attached hydrogens (tertiary/aromatic N) is 1. The summed E-state index contributed by atoms with van der Waals surface area (Å²) in [6.07, 6.45) is 3.30. The van der Waals surface area contributed by atoms with Crippen molar-refractivity contribution in [2.45, 2.75) is 32.6 Å². The Balaban J connectivity index is 2.08. The van der Waals surface area contributed by atoms with Gasteiger partial charge in [-0.2, -0.15) is 0 Å². The maximum atomic E-state index is 11.4. The van der Waals surface area contributed by atoms with Crippen LogP contribution in [0.1, 0.15) is 28.1 Å². The molecular weight excluding hydrogens is 342 g/mol. The number of rotatable bonds is 3. The lowest BCUT2D eigenvalue weighted by Gasteiger charge is -2.14. The average Bonchev–Trinajstić information content (AvgIpc) is 3.10. The van der Waals surface area contributed by atoms with E-state index in [0.717, 1.165) is 45.4 Å². The lowest BCUT2D eigenvalue weighted by atomic mass is 9.92. The van der Waals surface area contributed by atoms with Crippen molar-refractivity contribution < 1.29 is 9.90 Å². The fraction of sp³-hybridized carbons (Fsp3) is 0.263. The molecule has 0 spiro atoms. The summed E-state index contributed by atoms with van der Waals surface area (Å²) < 4.78 is 0. The molecule has 0 aliphatic heterocycles. The highest BCUT2D eigenvalue weighted by Crippen LogP contribution is 2.43. The van der Waals surface area contributed by atoms with Crippen LogP contribution in [0.25, 0.3) is 21.3 Å². The third-order valence-corrected chi connectivity index (χ3v) is 6.06. The molecule has 0 amide bonds. The van der Waals surface area contributed by atoms with Gasteiger partial charge in [0.15, 0.2) is 0 Å². The van der Waals surface area contributed by atoms with Gasteiger partial charge in [0.25, 0.3) is 0 Å². The molecule has 2 aromatic heterocycles. The number of aliphatic carboxylic acids is 1. The Labute approximate surface area is 148 Å². The molecule has 1 aromatic carbocycles. The molecule has 0 saturated carbocycles. The fourth-order valence-electron chi connectivity index (χ4n) is 3.58. The number of thiophene rings is 1. The third kappa shape index (κ3) is 2.50. The number of halogens is 1. The van der Waals surface area contributed by atoms with Crippen molar-refractivity contribution >= 4 is 39.1 Å². The van der Waals surface area contributed by atoms with Crippen LogP contribution in [0.2, 0.25) is 5.02 Å². The highest BCUT2D eigenvalue weighted by molar-refractivity contribution is 7.19. The first kappa shape index (κ1) is 15.6. The Morgan fingerprint density at radius 2 is 2.04 bits per heavy atom. The summed E-state index contributed by atoms with van der Waals surface area (Å²) in [5.41, 5.74) is 5.01. The van der Waals surface area contributed by atoms with E-state index in [9.17, 15) is 9.90 Å². The summed E-state index contributed by atoms with van der Waals surface area (Å²) in [4.78, 5) is 18.6. The molecule has 122 valence electrons. The van der Waals surface area contributed by atoms with Crippen molar-refractivity contribution in [2.75, 3.05) is 0 Å². The molecule has 0 fully saturated rings. The maximum absolute atomic E-state index is 11.4. The van der Waals surface area contributed by atoms with Gasteiger partial charge in [0.05, 0.1) is 6.42 Å². The quantitative estimate of drug-likeness (QED) is 0.714. The fourth-order valence-corrected chi connectivity index (χ4v) is 5.02. The van der Waals surface area contributed by atoms with Crippen molar-refractivity contribution in [3.8, 4) is 11.1 Å². The van der Waals surface area contributed by atoms with Crippen LogP contribution < -0.4 is 0 Å². The topological polar surface area (TPSA) is 50.2 Å². The van der Waals surface area contributed by atoms with E-state index in [1.54, 1.807) is 11.3 Å². The largest absolute Gasteiger partial charge is 0.481 e. The van der Waals surface area contributed by atoms with Crippen LogP contribution in [0.5, 0.6) is 0 Å². The van der Waals surface area contributed by atoms with Gasteiger partial charge in [0.2, 0.25) is 0 Å². The SMILES string of the molecule is Cc1nc2sc3c(c2c(-c2ccc(Cl)cc2)c1CC(=O)O)CCC3. The van der Waals surface area contributed by atoms with Crippen molar-refractivity contribution in [1.29, 1.82) is 0 Å². The summed E-state index contributed by atoms with van der Waals surface area (Å²) in [6.45, 7) is 1.90. The van der Waals surface area contributed by atoms with E-state index in [2.05, 4.69) is 0 Å². The van der Waals surface area contributed by atoms with Crippen LogP contribution in [0.4, 0.5) is 0 Å². The molecular formula is C19H16ClNO2S. The van der Waals surface area contributed by atoms with E-state index < -0.39 is 5.97 Å². The van der Waals surface area contributed by atoms with Crippen LogP contribution in [-0.4, -0.2) is 16.1 Å². The van der Waals surface area contributed by atoms with E-state index in [-0.39, 0.29) is 6.42 Å². The van der Waals surface area contributed by atoms with E-state index in [4.69, 9.17) is 16.6 Å². The normalized spacial score (nSPS) is 13.4. The molecule has 2 heterocycles. The van der Waals surface area contributed by atoms with Gasteiger partial charge in [0, 0.05) is 21.0 Å². The van der Waals surface area contributed by atoms with E-state index >= 15 is 0 Å². The molecule has 4 rings (SSSR count). The second-order valence-electron chi connectivity index (χ2n) is 6.17. The monoisotopic (exact) mass is 357 g/mol. The first-order chi connectivity index (χ1) is 11.5. The summed E-state index contributed by atoms with van der Waals surface area (Å²) in [5, 5.41) is 11.2. The summed E-state index contributed by atoms with van der Waals surface area (Å²) in [5.74, 6) is -0.832. The molecule has 1 N–H and O–H groups in total. The molecule has 0 atom stereocenters. The molecule has 3 aromatic rings. The molecule has 0 bridgehead atoms. The Bertz CT molecular complexity index is 960. The van der Waals surface area contributed by atoms with Crippen LogP contribution >= 0.6 is 22.9 Å². The van der Waals surface area contributed by atoms with Gasteiger partial charge in [0.1, 0.15) is 4.83 Å². The van der Waals surface area contributed by atoms with Gasteiger partial charge in [-0.15, -0.1) is 11.3 Å². The second-order valence-corrected chi connectivity index (χ2v) is 7.69. The first-order valence-electron chi connectivity index (χ1n) is 7.96. The number of aryl methyl sites for hydroxylation is 3. The molecule has 0 unspecified atom stereocenters. The molecule has 0 saturated heterocycles. The number of pyridine rings is 1. The number of hydrogen-bond donors (Lipinski definition) is 1. The smallest absolute Gasteiger partial charge is 0.307 e. The standard InChI is InChI=1S/C19H16ClNO2S/c1-10-14(9-16(22)23)17(11-5-7-12(20)8-6-11)18-13-3-2-4-15(13)24-19(18)21-10/h5-8H,2-4,9H2,1H3,(H,22,23). The summed E-state index contributed by atoms with van der Waals surface area (Å²) in [7, 11) is 0. The number of aromatic nitrogens is 1. The number of fused-ring (bicyclic) bond motifs is 3. The highest BCUT2D eigenvalue weighted by Gasteiger charge is 2.25. The van der Waals surface area contributed by atoms with Gasteiger partial charge in [-0.25, -0.2) is 4.98 Å². The lowest BCUT2D eigenvalue weighted by molar-refractivity contribution is -0.136. The van der Waals surface area contributed by atoms with Crippen molar-refractivity contribution in [2.24, 2.45) is 0 Å². The number of carboxylic acids is 1. The number of carboxylic acid groups (broad SMARTS) is 1. The zero-order chi connectivity index (χ0) is 16.8. The lowest BCUT2D eigenvalue weighted by Crippen LogP contribution is -2.06. The van der Waals surface area contributed by atoms with Crippen LogP contribution in [0, 0.1) is 6.92 Å². The van der Waals surface area contributed by atoms with E-state index in [0.29, 0.717) is 5.02 Å². The second kappa shape index (κ2) is 5.87. The third-order valence-electron chi connectivity index (χ3n) is 4.62. The van der Waals surface area contributed by atoms with E-state index in [1.807, 2.05) is 31.2 Å². The zero-order valence-corrected chi connectivity index (χ0v) is 14.8. The molecule has 1 aliphatic rings. The predicted octanol–water partition coefficient (Wildman–Crippen LogP) is 5.04. The minimum Gasteiger partial charge on any atom is -0.481 e. The van der Waals surface area contributed by atoms with Gasteiger partial charge in [-0.3, -0.25) is 4.79 Å². The number of carbonyl (C=O) groups is 1. The van der Waals surface area contributed by atoms with Gasteiger partial charge >= 0.3 is 5.97 Å². The van der Waals surface area contributed by atoms with Crippen molar-refractivity contribution in [1.82, 2.24) is 4.98 Å². The number of benzene rings is 1. The summed E-state index contributed by atoms with van der Waals surface area (Å²) >= 11 is 7.80. The van der Waals surface area contributed by atoms with Gasteiger partial charge in [-0.1, -0.05) is 23.7 Å². The minimum absolute atomic E-state index is 0.0165. The van der Waals surface area contributed by atoms with Crippen LogP contribution in [-0.2, 0) is 24.1 Å². The van der Waals surface area contributed by atoms with Gasteiger partial charge < -0.3 is 5.11 Å². The molecule has 5 heteroatoms.